The number of carbonyl (C=O) groups is 1. The van der Waals surface area contributed by atoms with Crippen molar-refractivity contribution in [3.05, 3.63) is 46.7 Å². The smallest absolute Gasteiger partial charge is 0.272 e. The second kappa shape index (κ2) is 5.98. The highest BCUT2D eigenvalue weighted by atomic mass is 35.5. The molecule has 122 valence electrons. The third-order valence-electron chi connectivity index (χ3n) is 3.74. The number of halogens is 1. The van der Waals surface area contributed by atoms with Crippen LogP contribution >= 0.6 is 11.6 Å². The molecule has 1 fully saturated rings. The number of sulfone groups is 1. The highest BCUT2D eigenvalue weighted by Gasteiger charge is 2.29. The van der Waals surface area contributed by atoms with Gasteiger partial charge in [-0.25, -0.2) is 13.1 Å². The van der Waals surface area contributed by atoms with Crippen LogP contribution in [0.4, 0.5) is 0 Å². The molecule has 0 spiro atoms. The Labute approximate surface area is 139 Å². The minimum Gasteiger partial charge on any atom is -0.347 e. The Kier molecular flexibility index (Phi) is 4.16. The van der Waals surface area contributed by atoms with E-state index >= 15 is 0 Å². The van der Waals surface area contributed by atoms with Crippen LogP contribution < -0.4 is 5.32 Å². The maximum Gasteiger partial charge on any atom is 0.272 e. The fourth-order valence-corrected chi connectivity index (χ4v) is 4.48. The minimum absolute atomic E-state index is 0.00722. The van der Waals surface area contributed by atoms with Crippen LogP contribution in [0.2, 0.25) is 5.02 Å². The molecule has 6 nitrogen and oxygen atoms in total. The molecule has 8 heteroatoms. The summed E-state index contributed by atoms with van der Waals surface area (Å²) in [6, 6.07) is 8.49. The van der Waals surface area contributed by atoms with Crippen molar-refractivity contribution in [2.45, 2.75) is 19.4 Å². The van der Waals surface area contributed by atoms with Crippen LogP contribution in [0.25, 0.3) is 5.69 Å². The third-order valence-corrected chi connectivity index (χ3v) is 5.74. The van der Waals surface area contributed by atoms with Crippen LogP contribution in [0.3, 0.4) is 0 Å². The van der Waals surface area contributed by atoms with E-state index in [2.05, 4.69) is 10.4 Å². The topological polar surface area (TPSA) is 81.1 Å². The predicted octanol–water partition coefficient (Wildman–Crippen LogP) is 1.75. The van der Waals surface area contributed by atoms with Crippen molar-refractivity contribution < 1.29 is 13.2 Å². The number of carbonyl (C=O) groups excluding carboxylic acids is 1. The molecule has 0 bridgehead atoms. The number of aromatic nitrogens is 2. The fourth-order valence-electron chi connectivity index (χ4n) is 2.62. The molecule has 0 radical (unpaired) electrons. The van der Waals surface area contributed by atoms with Gasteiger partial charge in [0.15, 0.2) is 15.5 Å². The maximum absolute atomic E-state index is 12.3. The van der Waals surface area contributed by atoms with Crippen LogP contribution in [0.15, 0.2) is 30.3 Å². The summed E-state index contributed by atoms with van der Waals surface area (Å²) in [7, 11) is -3.03. The molecule has 1 saturated heterocycles. The van der Waals surface area contributed by atoms with Crippen LogP contribution in [-0.2, 0) is 9.84 Å². The summed E-state index contributed by atoms with van der Waals surface area (Å²) in [5.74, 6) is -0.253. The van der Waals surface area contributed by atoms with Crippen molar-refractivity contribution in [3.8, 4) is 5.69 Å². The highest BCUT2D eigenvalue weighted by Crippen LogP contribution is 2.17. The lowest BCUT2D eigenvalue weighted by atomic mass is 10.2. The molecule has 1 aromatic heterocycles. The molecule has 0 saturated carbocycles. The number of nitrogens with one attached hydrogen (secondary N) is 1. The standard InChI is InChI=1S/C15H16ClN3O3S/c1-10-7-14(15(20)17-12-5-6-23(21,22)9-12)18-19(10)13-4-2-3-11(16)8-13/h2-4,7-8,12H,5-6,9H2,1H3,(H,17,20). The number of benzene rings is 1. The van der Waals surface area contributed by atoms with Gasteiger partial charge in [0.25, 0.3) is 5.91 Å². The van der Waals surface area contributed by atoms with Gasteiger partial charge in [-0.1, -0.05) is 17.7 Å². The number of rotatable bonds is 3. The SMILES string of the molecule is Cc1cc(C(=O)NC2CCS(=O)(=O)C2)nn1-c1cccc(Cl)c1. The van der Waals surface area contributed by atoms with Gasteiger partial charge in [-0.2, -0.15) is 5.10 Å². The molecule has 1 unspecified atom stereocenters. The van der Waals surface area contributed by atoms with E-state index < -0.39 is 9.84 Å². The lowest BCUT2D eigenvalue weighted by molar-refractivity contribution is 0.0935. The fraction of sp³-hybridized carbons (Fsp3) is 0.333. The van der Waals surface area contributed by atoms with Crippen LogP contribution in [0, 0.1) is 6.92 Å². The van der Waals surface area contributed by atoms with Crippen molar-refractivity contribution in [1.29, 1.82) is 0 Å². The molecule has 2 heterocycles. The molecule has 1 atom stereocenters. The van der Waals surface area contributed by atoms with Crippen molar-refractivity contribution in [2.24, 2.45) is 0 Å². The van der Waals surface area contributed by atoms with Gasteiger partial charge in [-0.15, -0.1) is 0 Å². The minimum atomic E-state index is -3.03. The second-order valence-corrected chi connectivity index (χ2v) is 8.30. The second-order valence-electron chi connectivity index (χ2n) is 5.64. The Balaban J connectivity index is 1.79. The number of nitrogens with zero attached hydrogens (tertiary/aromatic N) is 2. The molecule has 1 aliphatic heterocycles. The molecule has 1 aromatic carbocycles. The zero-order valence-corrected chi connectivity index (χ0v) is 14.1. The zero-order valence-electron chi connectivity index (χ0n) is 12.5. The van der Waals surface area contributed by atoms with E-state index in [1.54, 1.807) is 22.9 Å². The summed E-state index contributed by atoms with van der Waals surface area (Å²) in [6.45, 7) is 1.84. The first kappa shape index (κ1) is 16.0. The van der Waals surface area contributed by atoms with Gasteiger partial charge in [-0.3, -0.25) is 4.79 Å². The van der Waals surface area contributed by atoms with Crippen molar-refractivity contribution in [2.75, 3.05) is 11.5 Å². The summed E-state index contributed by atoms with van der Waals surface area (Å²) < 4.78 is 24.5. The number of amides is 1. The molecule has 1 N–H and O–H groups in total. The molecular formula is C15H16ClN3O3S. The molecule has 1 amide bonds. The van der Waals surface area contributed by atoms with E-state index in [1.807, 2.05) is 19.1 Å². The van der Waals surface area contributed by atoms with Gasteiger partial charge >= 0.3 is 0 Å². The van der Waals surface area contributed by atoms with E-state index in [9.17, 15) is 13.2 Å². The van der Waals surface area contributed by atoms with E-state index in [4.69, 9.17) is 11.6 Å². The van der Waals surface area contributed by atoms with E-state index in [-0.39, 0.29) is 29.1 Å². The summed E-state index contributed by atoms with van der Waals surface area (Å²) >= 11 is 5.98. The Morgan fingerprint density at radius 3 is 2.83 bits per heavy atom. The average molecular weight is 354 g/mol. The molecule has 23 heavy (non-hydrogen) atoms. The van der Waals surface area contributed by atoms with E-state index in [0.29, 0.717) is 11.4 Å². The lowest BCUT2D eigenvalue weighted by Gasteiger charge is -2.09. The Bertz CT molecular complexity index is 861. The zero-order chi connectivity index (χ0) is 16.6. The Hall–Kier alpha value is -1.86. The lowest BCUT2D eigenvalue weighted by Crippen LogP contribution is -2.35. The summed E-state index contributed by atoms with van der Waals surface area (Å²) in [6.07, 6.45) is 0.446. The summed E-state index contributed by atoms with van der Waals surface area (Å²) in [5.41, 5.74) is 1.81. The number of aryl methyl sites for hydroxylation is 1. The third kappa shape index (κ3) is 3.56. The van der Waals surface area contributed by atoms with Gasteiger partial charge in [0, 0.05) is 16.8 Å². The first-order chi connectivity index (χ1) is 10.8. The molecule has 1 aliphatic rings. The van der Waals surface area contributed by atoms with E-state index in [0.717, 1.165) is 11.4 Å². The predicted molar refractivity (Wildman–Crippen MR) is 87.8 cm³/mol. The molecular weight excluding hydrogens is 338 g/mol. The largest absolute Gasteiger partial charge is 0.347 e. The Morgan fingerprint density at radius 1 is 1.39 bits per heavy atom. The van der Waals surface area contributed by atoms with Crippen LogP contribution in [0.1, 0.15) is 22.6 Å². The van der Waals surface area contributed by atoms with Gasteiger partial charge in [0.2, 0.25) is 0 Å². The maximum atomic E-state index is 12.3. The molecule has 3 rings (SSSR count). The van der Waals surface area contributed by atoms with Crippen molar-refractivity contribution >= 4 is 27.3 Å². The average Bonchev–Trinajstić information content (AvgIpc) is 3.01. The number of hydrogen-bond acceptors (Lipinski definition) is 4. The molecule has 0 aliphatic carbocycles. The first-order valence-corrected chi connectivity index (χ1v) is 9.38. The quantitative estimate of drug-likeness (QED) is 0.911. The van der Waals surface area contributed by atoms with Gasteiger partial charge < -0.3 is 5.32 Å². The van der Waals surface area contributed by atoms with Gasteiger partial charge in [0.1, 0.15) is 0 Å². The summed E-state index contributed by atoms with van der Waals surface area (Å²) in [4.78, 5) is 12.3. The number of hydrogen-bond donors (Lipinski definition) is 1. The Morgan fingerprint density at radius 2 is 2.17 bits per heavy atom. The summed E-state index contributed by atoms with van der Waals surface area (Å²) in [5, 5.41) is 7.61. The van der Waals surface area contributed by atoms with Gasteiger partial charge in [-0.05, 0) is 37.6 Å². The normalized spacial score (nSPS) is 19.7. The molecule has 2 aromatic rings. The van der Waals surface area contributed by atoms with Crippen molar-refractivity contribution in [3.63, 3.8) is 0 Å². The first-order valence-electron chi connectivity index (χ1n) is 7.18. The van der Waals surface area contributed by atoms with Crippen molar-refractivity contribution in [1.82, 2.24) is 15.1 Å². The highest BCUT2D eigenvalue weighted by molar-refractivity contribution is 7.91. The van der Waals surface area contributed by atoms with Gasteiger partial charge in [0.05, 0.1) is 17.2 Å². The van der Waals surface area contributed by atoms with Crippen LogP contribution in [-0.4, -0.2) is 41.7 Å². The van der Waals surface area contributed by atoms with Crippen LogP contribution in [0.5, 0.6) is 0 Å². The van der Waals surface area contributed by atoms with E-state index in [1.165, 1.54) is 0 Å². The monoisotopic (exact) mass is 353 g/mol.